The molecule has 0 fully saturated rings. The monoisotopic (exact) mass is 315 g/mol. The Labute approximate surface area is 142 Å². The van der Waals surface area contributed by atoms with Gasteiger partial charge in [0.15, 0.2) is 0 Å². The Morgan fingerprint density at radius 1 is 1.12 bits per heavy atom. The maximum absolute atomic E-state index is 9.53. The zero-order valence-electron chi connectivity index (χ0n) is 14.2. The molecular formula is C21H21N3. The minimum atomic E-state index is -0.202. The van der Waals surface area contributed by atoms with Crippen molar-refractivity contribution >= 4 is 5.65 Å². The smallest absolute Gasteiger partial charge is 0.137 e. The highest BCUT2D eigenvalue weighted by molar-refractivity contribution is 5.69. The second-order valence-corrected chi connectivity index (χ2v) is 6.75. The number of pyridine rings is 1. The summed E-state index contributed by atoms with van der Waals surface area (Å²) in [5.41, 5.74) is 8.04. The predicted octanol–water partition coefficient (Wildman–Crippen LogP) is 4.82. The van der Waals surface area contributed by atoms with Crippen molar-refractivity contribution in [1.82, 2.24) is 9.38 Å². The summed E-state index contributed by atoms with van der Waals surface area (Å²) in [5, 5.41) is 9.53. The summed E-state index contributed by atoms with van der Waals surface area (Å²) in [6, 6.07) is 15.2. The van der Waals surface area contributed by atoms with Crippen LogP contribution in [0.2, 0.25) is 0 Å². The Hall–Kier alpha value is -2.60. The summed E-state index contributed by atoms with van der Waals surface area (Å²) in [7, 11) is 0. The molecule has 0 saturated carbocycles. The van der Waals surface area contributed by atoms with E-state index < -0.39 is 0 Å². The average molecular weight is 315 g/mol. The van der Waals surface area contributed by atoms with Gasteiger partial charge in [-0.25, -0.2) is 4.98 Å². The predicted molar refractivity (Wildman–Crippen MR) is 96.0 cm³/mol. The lowest BCUT2D eigenvalue weighted by Gasteiger charge is -2.17. The van der Waals surface area contributed by atoms with E-state index in [2.05, 4.69) is 41.7 Å². The van der Waals surface area contributed by atoms with Gasteiger partial charge in [0.2, 0.25) is 0 Å². The van der Waals surface area contributed by atoms with Crippen LogP contribution in [-0.2, 0) is 12.8 Å². The van der Waals surface area contributed by atoms with E-state index in [-0.39, 0.29) is 5.92 Å². The molecule has 0 bridgehead atoms. The van der Waals surface area contributed by atoms with Gasteiger partial charge >= 0.3 is 0 Å². The van der Waals surface area contributed by atoms with Gasteiger partial charge in [-0.2, -0.15) is 5.26 Å². The van der Waals surface area contributed by atoms with E-state index in [9.17, 15) is 5.26 Å². The van der Waals surface area contributed by atoms with E-state index >= 15 is 0 Å². The number of hydrogen-bond acceptors (Lipinski definition) is 2. The molecule has 2 aromatic heterocycles. The first kappa shape index (κ1) is 15.0. The van der Waals surface area contributed by atoms with Crippen LogP contribution in [0.3, 0.4) is 0 Å². The van der Waals surface area contributed by atoms with E-state index in [4.69, 9.17) is 4.98 Å². The van der Waals surface area contributed by atoms with Gasteiger partial charge in [-0.05, 0) is 68.9 Å². The number of fused-ring (bicyclic) bond motifs is 2. The summed E-state index contributed by atoms with van der Waals surface area (Å²) in [4.78, 5) is 4.87. The van der Waals surface area contributed by atoms with Crippen molar-refractivity contribution in [2.75, 3.05) is 0 Å². The average Bonchev–Trinajstić information content (AvgIpc) is 3.01. The molecular weight excluding hydrogens is 294 g/mol. The van der Waals surface area contributed by atoms with Gasteiger partial charge in [0, 0.05) is 11.3 Å². The Kier molecular flexibility index (Phi) is 3.61. The Bertz CT molecular complexity index is 959. The first-order valence-electron chi connectivity index (χ1n) is 8.69. The first-order chi connectivity index (χ1) is 11.7. The number of nitrogens with zero attached hydrogens (tertiary/aromatic N) is 3. The lowest BCUT2D eigenvalue weighted by atomic mass is 9.89. The number of hydrogen-bond donors (Lipinski definition) is 0. The van der Waals surface area contributed by atoms with Crippen LogP contribution < -0.4 is 0 Å². The van der Waals surface area contributed by atoms with Gasteiger partial charge in [0.05, 0.1) is 23.4 Å². The van der Waals surface area contributed by atoms with Gasteiger partial charge in [0.25, 0.3) is 0 Å². The molecule has 0 N–H and O–H groups in total. The molecule has 0 radical (unpaired) electrons. The second-order valence-electron chi connectivity index (χ2n) is 6.75. The molecule has 24 heavy (non-hydrogen) atoms. The largest absolute Gasteiger partial charge is 0.299 e. The molecule has 2 heterocycles. The van der Waals surface area contributed by atoms with Crippen LogP contribution in [0.5, 0.6) is 0 Å². The number of aromatic nitrogens is 2. The van der Waals surface area contributed by atoms with Gasteiger partial charge in [-0.3, -0.25) is 4.40 Å². The van der Waals surface area contributed by atoms with Crippen LogP contribution >= 0.6 is 0 Å². The highest BCUT2D eigenvalue weighted by atomic mass is 15.0. The van der Waals surface area contributed by atoms with E-state index in [0.29, 0.717) is 0 Å². The van der Waals surface area contributed by atoms with E-state index in [1.807, 2.05) is 19.1 Å². The molecule has 0 aliphatic heterocycles. The molecule has 1 unspecified atom stereocenters. The molecule has 1 aromatic carbocycles. The van der Waals surface area contributed by atoms with Crippen LogP contribution in [0.4, 0.5) is 0 Å². The molecule has 4 rings (SSSR count). The van der Waals surface area contributed by atoms with Crippen LogP contribution in [0, 0.1) is 18.3 Å². The zero-order chi connectivity index (χ0) is 16.7. The Morgan fingerprint density at radius 3 is 2.71 bits per heavy atom. The van der Waals surface area contributed by atoms with Crippen LogP contribution in [0.15, 0.2) is 36.4 Å². The van der Waals surface area contributed by atoms with Gasteiger partial charge in [0.1, 0.15) is 5.65 Å². The second kappa shape index (κ2) is 5.79. The third-order valence-corrected chi connectivity index (χ3v) is 5.10. The van der Waals surface area contributed by atoms with Crippen molar-refractivity contribution in [2.45, 2.75) is 45.4 Å². The lowest BCUT2D eigenvalue weighted by Crippen LogP contribution is -2.04. The van der Waals surface area contributed by atoms with Gasteiger partial charge in [-0.1, -0.05) is 18.2 Å². The SMILES string of the molecule is Cc1cccc2nc(-c3ccc4c(c3)CCCC4)c(C(C)C#N)n12. The van der Waals surface area contributed by atoms with Gasteiger partial charge < -0.3 is 0 Å². The Balaban J connectivity index is 1.97. The molecule has 1 atom stereocenters. The molecule has 120 valence electrons. The molecule has 0 spiro atoms. The van der Waals surface area contributed by atoms with Crippen molar-refractivity contribution < 1.29 is 0 Å². The van der Waals surface area contributed by atoms with Crippen LogP contribution in [-0.4, -0.2) is 9.38 Å². The number of nitriles is 1. The lowest BCUT2D eigenvalue weighted by molar-refractivity contribution is 0.686. The minimum Gasteiger partial charge on any atom is -0.299 e. The van der Waals surface area contributed by atoms with E-state index in [0.717, 1.165) is 34.7 Å². The summed E-state index contributed by atoms with van der Waals surface area (Å²) in [6.07, 6.45) is 4.89. The zero-order valence-corrected chi connectivity index (χ0v) is 14.2. The molecule has 0 saturated heterocycles. The summed E-state index contributed by atoms with van der Waals surface area (Å²) in [5.74, 6) is -0.202. The van der Waals surface area contributed by atoms with Crippen LogP contribution in [0.25, 0.3) is 16.9 Å². The number of aryl methyl sites for hydroxylation is 3. The normalized spacial score (nSPS) is 15.0. The summed E-state index contributed by atoms with van der Waals surface area (Å²) >= 11 is 0. The number of benzene rings is 1. The third-order valence-electron chi connectivity index (χ3n) is 5.10. The fourth-order valence-electron chi connectivity index (χ4n) is 3.83. The number of rotatable bonds is 2. The van der Waals surface area contributed by atoms with E-state index in [1.54, 1.807) is 0 Å². The quantitative estimate of drug-likeness (QED) is 0.680. The maximum Gasteiger partial charge on any atom is 0.137 e. The number of imidazole rings is 1. The minimum absolute atomic E-state index is 0.202. The summed E-state index contributed by atoms with van der Waals surface area (Å²) in [6.45, 7) is 4.02. The molecule has 3 nitrogen and oxygen atoms in total. The first-order valence-corrected chi connectivity index (χ1v) is 8.69. The van der Waals surface area contributed by atoms with Crippen molar-refractivity contribution in [2.24, 2.45) is 0 Å². The highest BCUT2D eigenvalue weighted by Crippen LogP contribution is 2.33. The molecule has 0 amide bonds. The Morgan fingerprint density at radius 2 is 1.92 bits per heavy atom. The molecule has 3 aromatic rings. The van der Waals surface area contributed by atoms with Crippen molar-refractivity contribution in [1.29, 1.82) is 5.26 Å². The van der Waals surface area contributed by atoms with E-state index in [1.165, 1.54) is 30.4 Å². The third kappa shape index (κ3) is 2.30. The molecule has 1 aliphatic carbocycles. The van der Waals surface area contributed by atoms with Crippen molar-refractivity contribution in [3.63, 3.8) is 0 Å². The van der Waals surface area contributed by atoms with Crippen molar-refractivity contribution in [3.05, 3.63) is 58.9 Å². The van der Waals surface area contributed by atoms with Crippen LogP contribution in [0.1, 0.15) is 48.2 Å². The fourth-order valence-corrected chi connectivity index (χ4v) is 3.83. The maximum atomic E-state index is 9.53. The topological polar surface area (TPSA) is 41.1 Å². The molecule has 1 aliphatic rings. The van der Waals surface area contributed by atoms with Gasteiger partial charge in [-0.15, -0.1) is 0 Å². The molecule has 3 heteroatoms. The standard InChI is InChI=1S/C21H21N3/c1-14(13-22)21-20(23-19-9-5-6-15(2)24(19)21)18-11-10-16-7-3-4-8-17(16)12-18/h5-6,9-12,14H,3-4,7-8H2,1-2H3. The highest BCUT2D eigenvalue weighted by Gasteiger charge is 2.21. The fraction of sp³-hybridized carbons (Fsp3) is 0.333. The van der Waals surface area contributed by atoms with Crippen molar-refractivity contribution in [3.8, 4) is 17.3 Å². The summed E-state index contributed by atoms with van der Waals surface area (Å²) < 4.78 is 2.13.